The van der Waals surface area contributed by atoms with Crippen LogP contribution in [-0.4, -0.2) is 31.9 Å². The Morgan fingerprint density at radius 3 is 2.12 bits per heavy atom. The number of nitrogens with one attached hydrogen (secondary N) is 1. The van der Waals surface area contributed by atoms with Gasteiger partial charge in [0.15, 0.2) is 5.88 Å². The molecule has 1 aromatic heterocycles. The van der Waals surface area contributed by atoms with Crippen LogP contribution in [0.5, 0.6) is 0 Å². The molecular weight excluding hydrogens is 430 g/mol. The van der Waals surface area contributed by atoms with Crippen molar-refractivity contribution in [3.8, 4) is 0 Å². The summed E-state index contributed by atoms with van der Waals surface area (Å²) in [6.45, 7) is 0. The van der Waals surface area contributed by atoms with Crippen molar-refractivity contribution in [3.05, 3.63) is 53.3 Å². The third kappa shape index (κ3) is 3.37. The number of anilines is 2. The highest BCUT2D eigenvalue weighted by Crippen LogP contribution is 2.60. The van der Waals surface area contributed by atoms with E-state index in [9.17, 15) is 14.4 Å². The second-order valence-corrected chi connectivity index (χ2v) is 10.8. The number of hydrogen-bond acceptors (Lipinski definition) is 5. The fourth-order valence-corrected chi connectivity index (χ4v) is 7.12. The second-order valence-electron chi connectivity index (χ2n) is 10.8. The number of nitrogens with zero attached hydrogens (tertiary/aromatic N) is 2. The summed E-state index contributed by atoms with van der Waals surface area (Å²) in [6.07, 6.45) is 9.29. The monoisotopic (exact) mass is 459 g/mol. The van der Waals surface area contributed by atoms with Gasteiger partial charge in [0, 0.05) is 20.2 Å². The molecule has 1 N–H and O–H groups in total. The van der Waals surface area contributed by atoms with Crippen molar-refractivity contribution in [2.45, 2.75) is 43.9 Å². The van der Waals surface area contributed by atoms with Crippen LogP contribution in [0.3, 0.4) is 0 Å². The minimum Gasteiger partial charge on any atom is -0.441 e. The van der Waals surface area contributed by atoms with Gasteiger partial charge in [-0.1, -0.05) is 12.1 Å². The zero-order valence-electron chi connectivity index (χ0n) is 19.5. The number of furan rings is 1. The van der Waals surface area contributed by atoms with Crippen LogP contribution < -0.4 is 15.1 Å². The largest absolute Gasteiger partial charge is 0.441 e. The second kappa shape index (κ2) is 7.58. The van der Waals surface area contributed by atoms with Crippen LogP contribution in [0.4, 0.5) is 16.4 Å². The van der Waals surface area contributed by atoms with Gasteiger partial charge < -0.3 is 9.32 Å². The van der Waals surface area contributed by atoms with Crippen molar-refractivity contribution in [1.29, 1.82) is 0 Å². The molecule has 2 aromatic rings. The van der Waals surface area contributed by atoms with Crippen molar-refractivity contribution in [2.75, 3.05) is 23.9 Å². The van der Waals surface area contributed by atoms with Gasteiger partial charge in [0.05, 0.1) is 5.69 Å². The maximum absolute atomic E-state index is 13.2. The van der Waals surface area contributed by atoms with Gasteiger partial charge in [0.2, 0.25) is 0 Å². The van der Waals surface area contributed by atoms with Gasteiger partial charge in [0.1, 0.15) is 11.3 Å². The van der Waals surface area contributed by atoms with Crippen molar-refractivity contribution in [3.63, 3.8) is 0 Å². The fraction of sp³-hybridized carbons (Fsp3) is 0.444. The molecule has 2 heterocycles. The zero-order valence-corrected chi connectivity index (χ0v) is 19.5. The first-order valence-electron chi connectivity index (χ1n) is 12.1. The number of carbonyl (C=O) groups is 3. The summed E-state index contributed by atoms with van der Waals surface area (Å²) in [4.78, 5) is 41.1. The molecule has 0 atom stereocenters. The molecule has 4 bridgehead atoms. The molecular formula is C27H29N3O4. The van der Waals surface area contributed by atoms with Gasteiger partial charge in [-0.15, -0.1) is 0 Å². The highest BCUT2D eigenvalue weighted by molar-refractivity contribution is 6.39. The van der Waals surface area contributed by atoms with Crippen LogP contribution in [0.15, 0.2) is 46.4 Å². The van der Waals surface area contributed by atoms with Gasteiger partial charge >= 0.3 is 6.03 Å². The lowest BCUT2D eigenvalue weighted by Crippen LogP contribution is -2.54. The van der Waals surface area contributed by atoms with Gasteiger partial charge in [-0.2, -0.15) is 0 Å². The number of barbiturate groups is 1. The molecule has 4 aliphatic carbocycles. The van der Waals surface area contributed by atoms with E-state index in [1.807, 2.05) is 26.2 Å². The average Bonchev–Trinajstić information content (AvgIpc) is 3.25. The van der Waals surface area contributed by atoms with Crippen LogP contribution in [0, 0.1) is 17.8 Å². The SMILES string of the molecule is CN(C)c1ccc(C=C2C(=O)NC(=O)N(c3ccc(C45CC6CC(CC(C6)C4)C5)cc3)C2=O)o1. The first-order valence-corrected chi connectivity index (χ1v) is 12.1. The van der Waals surface area contributed by atoms with E-state index in [4.69, 9.17) is 4.42 Å². The van der Waals surface area contributed by atoms with Crippen molar-refractivity contribution in [2.24, 2.45) is 17.8 Å². The quantitative estimate of drug-likeness (QED) is 0.538. The summed E-state index contributed by atoms with van der Waals surface area (Å²) in [5.41, 5.74) is 1.89. The summed E-state index contributed by atoms with van der Waals surface area (Å²) in [5.74, 6) is 2.12. The topological polar surface area (TPSA) is 82.9 Å². The summed E-state index contributed by atoms with van der Waals surface area (Å²) in [7, 11) is 3.67. The molecule has 4 saturated carbocycles. The molecule has 7 heteroatoms. The van der Waals surface area contributed by atoms with E-state index in [2.05, 4.69) is 17.4 Å². The Balaban J connectivity index is 1.28. The van der Waals surface area contributed by atoms with Gasteiger partial charge in [-0.05, 0) is 91.5 Å². The summed E-state index contributed by atoms with van der Waals surface area (Å²) >= 11 is 0. The number of imide groups is 2. The van der Waals surface area contributed by atoms with Crippen LogP contribution in [0.2, 0.25) is 0 Å². The number of carbonyl (C=O) groups excluding carboxylic acids is 3. The highest BCUT2D eigenvalue weighted by atomic mass is 16.4. The lowest BCUT2D eigenvalue weighted by Gasteiger charge is -2.57. The van der Waals surface area contributed by atoms with Crippen LogP contribution in [0.25, 0.3) is 6.08 Å². The molecule has 1 aliphatic heterocycles. The lowest BCUT2D eigenvalue weighted by molar-refractivity contribution is -0.122. The molecule has 34 heavy (non-hydrogen) atoms. The normalized spacial score (nSPS) is 31.4. The molecule has 176 valence electrons. The average molecular weight is 460 g/mol. The smallest absolute Gasteiger partial charge is 0.335 e. The Bertz CT molecular complexity index is 1170. The van der Waals surface area contributed by atoms with E-state index in [1.54, 1.807) is 17.0 Å². The Labute approximate surface area is 198 Å². The van der Waals surface area contributed by atoms with Gasteiger partial charge in [0.25, 0.3) is 11.8 Å². The molecule has 7 rings (SSSR count). The Kier molecular flexibility index (Phi) is 4.73. The minimum absolute atomic E-state index is 0.135. The van der Waals surface area contributed by atoms with Crippen molar-refractivity contribution >= 4 is 35.5 Å². The summed E-state index contributed by atoms with van der Waals surface area (Å²) in [5, 5.41) is 2.29. The molecule has 5 aliphatic rings. The third-order valence-corrected chi connectivity index (χ3v) is 8.22. The number of urea groups is 1. The van der Waals surface area contributed by atoms with E-state index < -0.39 is 17.8 Å². The Hall–Kier alpha value is -3.35. The minimum atomic E-state index is -0.733. The lowest BCUT2D eigenvalue weighted by atomic mass is 9.48. The third-order valence-electron chi connectivity index (χ3n) is 8.22. The van der Waals surface area contributed by atoms with Gasteiger partial charge in [-0.25, -0.2) is 9.69 Å². The maximum atomic E-state index is 13.2. The first kappa shape index (κ1) is 21.2. The molecule has 4 amide bonds. The Morgan fingerprint density at radius 2 is 1.56 bits per heavy atom. The number of rotatable bonds is 4. The number of benzene rings is 1. The van der Waals surface area contributed by atoms with E-state index in [1.165, 1.54) is 50.2 Å². The van der Waals surface area contributed by atoms with E-state index in [0.717, 1.165) is 22.7 Å². The molecule has 0 unspecified atom stereocenters. The maximum Gasteiger partial charge on any atom is 0.335 e. The molecule has 0 radical (unpaired) electrons. The predicted octanol–water partition coefficient (Wildman–Crippen LogP) is 4.48. The van der Waals surface area contributed by atoms with Crippen LogP contribution in [0.1, 0.15) is 49.8 Å². The van der Waals surface area contributed by atoms with Crippen molar-refractivity contribution < 1.29 is 18.8 Å². The van der Waals surface area contributed by atoms with Crippen LogP contribution in [-0.2, 0) is 15.0 Å². The molecule has 1 aromatic carbocycles. The molecule has 1 saturated heterocycles. The van der Waals surface area contributed by atoms with E-state index >= 15 is 0 Å². The summed E-state index contributed by atoms with van der Waals surface area (Å²) in [6, 6.07) is 10.6. The predicted molar refractivity (Wildman–Crippen MR) is 128 cm³/mol. The number of amides is 4. The molecule has 0 spiro atoms. The highest BCUT2D eigenvalue weighted by Gasteiger charge is 2.51. The molecule has 5 fully saturated rings. The van der Waals surface area contributed by atoms with Crippen molar-refractivity contribution in [1.82, 2.24) is 5.32 Å². The number of hydrogen-bond donors (Lipinski definition) is 1. The van der Waals surface area contributed by atoms with Gasteiger partial charge in [-0.3, -0.25) is 14.9 Å². The standard InChI is InChI=1S/C27H29N3O4/c1-29(2)23-8-7-21(34-23)12-22-24(31)28-26(33)30(25(22)32)20-5-3-19(4-6-20)27-13-16-9-17(14-27)11-18(10-16)15-27/h3-8,12,16-18H,9-11,13-15H2,1-2H3,(H,28,31,33). The van der Waals surface area contributed by atoms with E-state index in [0.29, 0.717) is 17.3 Å². The Morgan fingerprint density at radius 1 is 0.941 bits per heavy atom. The van der Waals surface area contributed by atoms with E-state index in [-0.39, 0.29) is 11.0 Å². The molecule has 7 nitrogen and oxygen atoms in total. The zero-order chi connectivity index (χ0) is 23.6. The fourth-order valence-electron chi connectivity index (χ4n) is 7.12. The first-order chi connectivity index (χ1) is 16.3. The van der Waals surface area contributed by atoms with Crippen LogP contribution >= 0.6 is 0 Å². The summed E-state index contributed by atoms with van der Waals surface area (Å²) < 4.78 is 5.66.